The summed E-state index contributed by atoms with van der Waals surface area (Å²) in [5.41, 5.74) is 0.405. The van der Waals surface area contributed by atoms with Crippen LogP contribution in [0, 0.1) is 16.7 Å². The molecule has 4 unspecified atom stereocenters. The number of amides is 1. The summed E-state index contributed by atoms with van der Waals surface area (Å²) in [5.74, 6) is 0.546. The smallest absolute Gasteiger partial charge is 0.409 e. The van der Waals surface area contributed by atoms with E-state index in [0.29, 0.717) is 12.0 Å². The van der Waals surface area contributed by atoms with Gasteiger partial charge in [-0.2, -0.15) is 0 Å². The lowest BCUT2D eigenvalue weighted by Crippen LogP contribution is -2.60. The van der Waals surface area contributed by atoms with Gasteiger partial charge in [-0.05, 0) is 36.9 Å². The number of ether oxygens (including phenoxy) is 1. The van der Waals surface area contributed by atoms with Gasteiger partial charge in [0.1, 0.15) is 0 Å². The SMILES string of the molecule is COC(=O)N1CC2(CC(NCCC(O)CP)C(C)(C)C2C)C1. The van der Waals surface area contributed by atoms with Crippen molar-refractivity contribution in [3.63, 3.8) is 0 Å². The largest absolute Gasteiger partial charge is 0.453 e. The Morgan fingerprint density at radius 1 is 1.50 bits per heavy atom. The Hall–Kier alpha value is -0.380. The second-order valence-electron chi connectivity index (χ2n) is 7.62. The number of nitrogens with one attached hydrogen (secondary N) is 1. The number of rotatable bonds is 5. The summed E-state index contributed by atoms with van der Waals surface area (Å²) in [7, 11) is 4.02. The van der Waals surface area contributed by atoms with E-state index < -0.39 is 0 Å². The zero-order chi connectivity index (χ0) is 16.5. The standard InChI is InChI=1S/C16H31N2O3P/c1-11-15(2,3)13(17-6-5-12(19)8-22)7-16(11)9-18(10-16)14(20)21-4/h11-13,17,19H,5-10,22H2,1-4H3. The van der Waals surface area contributed by atoms with E-state index in [4.69, 9.17) is 4.74 Å². The Bertz CT molecular complexity index is 410. The lowest BCUT2D eigenvalue weighted by atomic mass is 9.67. The highest BCUT2D eigenvalue weighted by atomic mass is 31.0. The molecule has 6 heteroatoms. The number of likely N-dealkylation sites (tertiary alicyclic amines) is 1. The number of aliphatic hydroxyl groups is 1. The van der Waals surface area contributed by atoms with Gasteiger partial charge in [-0.1, -0.05) is 20.8 Å². The van der Waals surface area contributed by atoms with Gasteiger partial charge >= 0.3 is 6.09 Å². The summed E-state index contributed by atoms with van der Waals surface area (Å²) in [6, 6.07) is 0.430. The van der Waals surface area contributed by atoms with Crippen molar-refractivity contribution in [3.8, 4) is 0 Å². The lowest BCUT2D eigenvalue weighted by Gasteiger charge is -2.51. The Morgan fingerprint density at radius 2 is 2.14 bits per heavy atom. The molecule has 1 saturated heterocycles. The van der Waals surface area contributed by atoms with E-state index in [2.05, 4.69) is 35.3 Å². The van der Waals surface area contributed by atoms with Crippen molar-refractivity contribution in [3.05, 3.63) is 0 Å². The minimum Gasteiger partial charge on any atom is -0.453 e. The van der Waals surface area contributed by atoms with E-state index in [1.807, 2.05) is 0 Å². The van der Waals surface area contributed by atoms with Gasteiger partial charge in [0.05, 0.1) is 13.2 Å². The highest BCUT2D eigenvalue weighted by Gasteiger charge is 2.61. The fraction of sp³-hybridized carbons (Fsp3) is 0.938. The van der Waals surface area contributed by atoms with Gasteiger partial charge in [0.2, 0.25) is 0 Å². The normalized spacial score (nSPS) is 30.2. The maximum absolute atomic E-state index is 11.6. The average molecular weight is 330 g/mol. The molecule has 2 N–H and O–H groups in total. The number of methoxy groups -OCH3 is 1. The van der Waals surface area contributed by atoms with Gasteiger partial charge in [-0.25, -0.2) is 4.79 Å². The van der Waals surface area contributed by atoms with E-state index in [9.17, 15) is 9.90 Å². The molecule has 1 amide bonds. The molecule has 1 aliphatic carbocycles. The van der Waals surface area contributed by atoms with Gasteiger partial charge in [0.25, 0.3) is 0 Å². The Labute approximate surface area is 136 Å². The van der Waals surface area contributed by atoms with Crippen molar-refractivity contribution in [2.24, 2.45) is 16.7 Å². The number of hydrogen-bond acceptors (Lipinski definition) is 4. The third-order valence-electron chi connectivity index (χ3n) is 6.13. The minimum atomic E-state index is -0.244. The van der Waals surface area contributed by atoms with Crippen LogP contribution in [0.4, 0.5) is 4.79 Å². The zero-order valence-corrected chi connectivity index (χ0v) is 15.4. The first kappa shape index (κ1) is 18.0. The molecular formula is C16H31N2O3P. The lowest BCUT2D eigenvalue weighted by molar-refractivity contribution is -0.0321. The van der Waals surface area contributed by atoms with Gasteiger partial charge in [-0.3, -0.25) is 0 Å². The molecule has 0 aromatic heterocycles. The molecule has 0 aromatic rings. The van der Waals surface area contributed by atoms with Crippen LogP contribution in [0.1, 0.15) is 33.6 Å². The van der Waals surface area contributed by atoms with Gasteiger partial charge in [-0.15, -0.1) is 9.24 Å². The van der Waals surface area contributed by atoms with Crippen LogP contribution in [0.5, 0.6) is 0 Å². The van der Waals surface area contributed by atoms with Crippen molar-refractivity contribution in [1.82, 2.24) is 10.2 Å². The summed E-state index contributed by atoms with van der Waals surface area (Å²) in [6.45, 7) is 9.39. The van der Waals surface area contributed by atoms with Crippen LogP contribution in [0.2, 0.25) is 0 Å². The van der Waals surface area contributed by atoms with Gasteiger partial charge in [0, 0.05) is 24.5 Å². The Kier molecular flexibility index (Phi) is 5.41. The number of carbonyl (C=O) groups excluding carboxylic acids is 1. The number of aliphatic hydroxyl groups excluding tert-OH is 1. The molecule has 128 valence electrons. The highest BCUT2D eigenvalue weighted by molar-refractivity contribution is 7.16. The van der Waals surface area contributed by atoms with Crippen LogP contribution in [0.15, 0.2) is 0 Å². The molecule has 2 fully saturated rings. The summed E-state index contributed by atoms with van der Waals surface area (Å²) in [6.07, 6.45) is 2.14. The molecular weight excluding hydrogens is 299 g/mol. The first-order valence-electron chi connectivity index (χ1n) is 8.21. The second-order valence-corrected chi connectivity index (χ2v) is 8.09. The number of hydrogen-bond donors (Lipinski definition) is 2. The van der Waals surface area contributed by atoms with Crippen LogP contribution >= 0.6 is 9.24 Å². The molecule has 0 aromatic carbocycles. The monoisotopic (exact) mass is 330 g/mol. The topological polar surface area (TPSA) is 61.8 Å². The Morgan fingerprint density at radius 3 is 2.68 bits per heavy atom. The van der Waals surface area contributed by atoms with Crippen molar-refractivity contribution in [2.75, 3.05) is 32.9 Å². The molecule has 1 saturated carbocycles. The van der Waals surface area contributed by atoms with Gasteiger partial charge < -0.3 is 20.1 Å². The molecule has 22 heavy (non-hydrogen) atoms. The fourth-order valence-corrected chi connectivity index (χ4v) is 4.43. The molecule has 1 spiro atoms. The van der Waals surface area contributed by atoms with Crippen LogP contribution in [0.25, 0.3) is 0 Å². The van der Waals surface area contributed by atoms with E-state index >= 15 is 0 Å². The Balaban J connectivity index is 1.93. The van der Waals surface area contributed by atoms with E-state index in [1.165, 1.54) is 7.11 Å². The van der Waals surface area contributed by atoms with Gasteiger partial charge in [0.15, 0.2) is 0 Å². The highest BCUT2D eigenvalue weighted by Crippen LogP contribution is 2.58. The fourth-order valence-electron chi connectivity index (χ4n) is 4.19. The van der Waals surface area contributed by atoms with E-state index in [0.717, 1.165) is 38.6 Å². The summed E-state index contributed by atoms with van der Waals surface area (Å²) >= 11 is 0. The van der Waals surface area contributed by atoms with E-state index in [-0.39, 0.29) is 23.0 Å². The molecule has 5 nitrogen and oxygen atoms in total. The maximum atomic E-state index is 11.6. The minimum absolute atomic E-state index is 0.189. The van der Waals surface area contributed by atoms with Crippen molar-refractivity contribution < 1.29 is 14.6 Å². The first-order valence-corrected chi connectivity index (χ1v) is 9.03. The maximum Gasteiger partial charge on any atom is 0.409 e. The predicted molar refractivity (Wildman–Crippen MR) is 91.0 cm³/mol. The van der Waals surface area contributed by atoms with Crippen molar-refractivity contribution >= 4 is 15.3 Å². The molecule has 0 radical (unpaired) electrons. The molecule has 2 aliphatic rings. The molecule has 4 atom stereocenters. The van der Waals surface area contributed by atoms with Crippen LogP contribution < -0.4 is 5.32 Å². The predicted octanol–water partition coefficient (Wildman–Crippen LogP) is 1.71. The first-order chi connectivity index (χ1) is 10.3. The van der Waals surface area contributed by atoms with Crippen LogP contribution in [-0.4, -0.2) is 61.2 Å². The molecule has 2 rings (SSSR count). The molecule has 0 bridgehead atoms. The number of carbonyl (C=O) groups is 1. The van der Waals surface area contributed by atoms with E-state index in [1.54, 1.807) is 4.90 Å². The summed E-state index contributed by atoms with van der Waals surface area (Å²) in [5, 5.41) is 13.3. The third kappa shape index (κ3) is 3.13. The van der Waals surface area contributed by atoms with Crippen molar-refractivity contribution in [1.29, 1.82) is 0 Å². The quantitative estimate of drug-likeness (QED) is 0.753. The summed E-state index contributed by atoms with van der Waals surface area (Å²) < 4.78 is 4.82. The van der Waals surface area contributed by atoms with Crippen LogP contribution in [0.3, 0.4) is 0 Å². The average Bonchev–Trinajstić information content (AvgIpc) is 2.65. The van der Waals surface area contributed by atoms with Crippen molar-refractivity contribution in [2.45, 2.75) is 45.8 Å². The zero-order valence-electron chi connectivity index (χ0n) is 14.3. The number of nitrogens with zero attached hydrogens (tertiary/aromatic N) is 1. The van der Waals surface area contributed by atoms with Crippen LogP contribution in [-0.2, 0) is 4.74 Å². The second kappa shape index (κ2) is 6.62. The molecule has 1 aliphatic heterocycles. The summed E-state index contributed by atoms with van der Waals surface area (Å²) in [4.78, 5) is 13.4. The molecule has 1 heterocycles. The third-order valence-corrected chi connectivity index (χ3v) is 6.67.